The van der Waals surface area contributed by atoms with Crippen molar-refractivity contribution in [2.24, 2.45) is 0 Å². The predicted molar refractivity (Wildman–Crippen MR) is 72.8 cm³/mol. The molecule has 0 aliphatic heterocycles. The molecule has 0 fully saturated rings. The van der Waals surface area contributed by atoms with Gasteiger partial charge in [0.25, 0.3) is 0 Å². The van der Waals surface area contributed by atoms with Gasteiger partial charge in [0.05, 0.1) is 5.56 Å². The number of pyridine rings is 1. The number of anilines is 1. The van der Waals surface area contributed by atoms with Gasteiger partial charge >= 0.3 is 6.18 Å². The van der Waals surface area contributed by atoms with Gasteiger partial charge in [-0.3, -0.25) is 0 Å². The fraction of sp³-hybridized carbons (Fsp3) is 0.214. The molecule has 0 radical (unpaired) electrons. The maximum atomic E-state index is 13.1. The highest BCUT2D eigenvalue weighted by molar-refractivity contribution is 6.29. The third kappa shape index (κ3) is 4.07. The fourth-order valence-corrected chi connectivity index (χ4v) is 2.04. The van der Waals surface area contributed by atoms with Gasteiger partial charge in [-0.2, -0.15) is 13.2 Å². The molecule has 1 heterocycles. The van der Waals surface area contributed by atoms with Crippen molar-refractivity contribution in [3.63, 3.8) is 0 Å². The van der Waals surface area contributed by atoms with Crippen LogP contribution in [0.15, 0.2) is 36.4 Å². The van der Waals surface area contributed by atoms with Gasteiger partial charge in [-0.1, -0.05) is 23.7 Å². The number of hydrogen-bond donors (Lipinski definition) is 0. The molecule has 0 N–H and O–H groups in total. The van der Waals surface area contributed by atoms with Crippen molar-refractivity contribution in [2.75, 3.05) is 11.9 Å². The highest BCUT2D eigenvalue weighted by Crippen LogP contribution is 2.32. The lowest BCUT2D eigenvalue weighted by Crippen LogP contribution is -2.19. The topological polar surface area (TPSA) is 16.1 Å². The largest absolute Gasteiger partial charge is 0.416 e. The Bertz CT molecular complexity index is 643. The SMILES string of the molecule is CN(Cc1cccc(F)c1)c1cc(C(F)(F)F)cc(Cl)n1. The first-order valence-corrected chi connectivity index (χ1v) is 6.34. The van der Waals surface area contributed by atoms with E-state index in [4.69, 9.17) is 11.6 Å². The second-order valence-electron chi connectivity index (χ2n) is 4.52. The zero-order valence-corrected chi connectivity index (χ0v) is 11.7. The minimum atomic E-state index is -4.50. The van der Waals surface area contributed by atoms with Crippen molar-refractivity contribution in [1.82, 2.24) is 4.98 Å². The van der Waals surface area contributed by atoms with Gasteiger partial charge in [-0.25, -0.2) is 9.37 Å². The Morgan fingerprint density at radius 1 is 1.19 bits per heavy atom. The summed E-state index contributed by atoms with van der Waals surface area (Å²) in [5.74, 6) is -0.338. The maximum absolute atomic E-state index is 13.1. The van der Waals surface area contributed by atoms with Crippen LogP contribution in [0, 0.1) is 5.82 Å². The highest BCUT2D eigenvalue weighted by Gasteiger charge is 2.31. The molecule has 0 atom stereocenters. The van der Waals surface area contributed by atoms with Gasteiger partial charge in [0, 0.05) is 13.6 Å². The predicted octanol–water partition coefficient (Wildman–Crippen LogP) is 4.53. The summed E-state index contributed by atoms with van der Waals surface area (Å²) in [6.07, 6.45) is -4.50. The standard InChI is InChI=1S/C14H11ClF4N2/c1-21(8-9-3-2-4-11(16)5-9)13-7-10(14(17,18)19)6-12(15)20-13/h2-7H,8H2,1H3. The molecule has 2 aromatic rings. The summed E-state index contributed by atoms with van der Waals surface area (Å²) >= 11 is 5.63. The molecule has 0 saturated heterocycles. The Labute approximate surface area is 124 Å². The van der Waals surface area contributed by atoms with Crippen molar-refractivity contribution in [3.8, 4) is 0 Å². The molecule has 1 aromatic heterocycles. The molecule has 1 aromatic carbocycles. The summed E-state index contributed by atoms with van der Waals surface area (Å²) in [7, 11) is 1.56. The maximum Gasteiger partial charge on any atom is 0.416 e. The van der Waals surface area contributed by atoms with Crippen LogP contribution in [-0.4, -0.2) is 12.0 Å². The summed E-state index contributed by atoms with van der Waals surface area (Å²) in [4.78, 5) is 5.33. The third-order valence-corrected chi connectivity index (χ3v) is 3.00. The summed E-state index contributed by atoms with van der Waals surface area (Å²) < 4.78 is 51.3. The van der Waals surface area contributed by atoms with E-state index in [0.717, 1.165) is 12.1 Å². The van der Waals surface area contributed by atoms with E-state index in [-0.39, 0.29) is 17.5 Å². The van der Waals surface area contributed by atoms with Crippen molar-refractivity contribution in [3.05, 3.63) is 58.5 Å². The number of alkyl halides is 3. The van der Waals surface area contributed by atoms with Crippen molar-refractivity contribution in [1.29, 1.82) is 0 Å². The smallest absolute Gasteiger partial charge is 0.355 e. The molecular weight excluding hydrogens is 308 g/mol. The molecule has 7 heteroatoms. The molecule has 2 nitrogen and oxygen atoms in total. The van der Waals surface area contributed by atoms with Gasteiger partial charge < -0.3 is 4.90 Å². The Hall–Kier alpha value is -1.82. The van der Waals surface area contributed by atoms with Crippen LogP contribution in [0.2, 0.25) is 5.15 Å². The van der Waals surface area contributed by atoms with Crippen LogP contribution in [0.3, 0.4) is 0 Å². The number of aromatic nitrogens is 1. The molecule has 0 aliphatic carbocycles. The van der Waals surface area contributed by atoms with E-state index in [1.165, 1.54) is 23.1 Å². The highest BCUT2D eigenvalue weighted by atomic mass is 35.5. The van der Waals surface area contributed by atoms with Crippen molar-refractivity contribution < 1.29 is 17.6 Å². The summed E-state index contributed by atoms with van der Waals surface area (Å²) in [5, 5.41) is -0.245. The monoisotopic (exact) mass is 318 g/mol. The van der Waals surface area contributed by atoms with E-state index in [0.29, 0.717) is 5.56 Å². The summed E-state index contributed by atoms with van der Waals surface area (Å²) in [5.41, 5.74) is -0.253. The minimum Gasteiger partial charge on any atom is -0.355 e. The van der Waals surface area contributed by atoms with Crippen molar-refractivity contribution >= 4 is 17.4 Å². The number of halogens is 5. The molecule has 112 valence electrons. The number of nitrogens with zero attached hydrogens (tertiary/aromatic N) is 2. The zero-order valence-electron chi connectivity index (χ0n) is 11.0. The van der Waals surface area contributed by atoms with E-state index in [1.54, 1.807) is 13.1 Å². The average molecular weight is 319 g/mol. The van der Waals surface area contributed by atoms with Crippen LogP contribution in [0.5, 0.6) is 0 Å². The van der Waals surface area contributed by atoms with Crippen LogP contribution in [0.1, 0.15) is 11.1 Å². The van der Waals surface area contributed by atoms with Crippen molar-refractivity contribution in [2.45, 2.75) is 12.7 Å². The molecule has 0 amide bonds. The molecule has 0 spiro atoms. The third-order valence-electron chi connectivity index (χ3n) is 2.81. The zero-order chi connectivity index (χ0) is 15.6. The number of benzene rings is 1. The first kappa shape index (κ1) is 15.6. The van der Waals surface area contributed by atoms with E-state index in [9.17, 15) is 17.6 Å². The fourth-order valence-electron chi connectivity index (χ4n) is 1.83. The average Bonchev–Trinajstić information content (AvgIpc) is 2.37. The van der Waals surface area contributed by atoms with E-state index in [2.05, 4.69) is 4.98 Å². The van der Waals surface area contributed by atoms with E-state index in [1.807, 2.05) is 0 Å². The minimum absolute atomic E-state index is 0.0686. The van der Waals surface area contributed by atoms with Gasteiger partial charge in [0.1, 0.15) is 16.8 Å². The second kappa shape index (κ2) is 5.89. The summed E-state index contributed by atoms with van der Waals surface area (Å²) in [6, 6.07) is 7.49. The van der Waals surface area contributed by atoms with Crippen LogP contribution in [0.4, 0.5) is 23.4 Å². The molecule has 0 unspecified atom stereocenters. The van der Waals surface area contributed by atoms with Gasteiger partial charge in [-0.15, -0.1) is 0 Å². The Morgan fingerprint density at radius 2 is 1.90 bits per heavy atom. The first-order valence-electron chi connectivity index (χ1n) is 5.96. The molecule has 0 aliphatic rings. The lowest BCUT2D eigenvalue weighted by molar-refractivity contribution is -0.137. The van der Waals surface area contributed by atoms with Crippen LogP contribution in [0.25, 0.3) is 0 Å². The molecule has 0 bridgehead atoms. The van der Waals surface area contributed by atoms with Gasteiger partial charge in [0.2, 0.25) is 0 Å². The molecule has 21 heavy (non-hydrogen) atoms. The number of rotatable bonds is 3. The number of hydrogen-bond acceptors (Lipinski definition) is 2. The Balaban J connectivity index is 2.27. The second-order valence-corrected chi connectivity index (χ2v) is 4.91. The van der Waals surface area contributed by atoms with Crippen LogP contribution < -0.4 is 4.90 Å². The molecule has 2 rings (SSSR count). The molecular formula is C14H11ClF4N2. The van der Waals surface area contributed by atoms with E-state index >= 15 is 0 Å². The lowest BCUT2D eigenvalue weighted by atomic mass is 10.2. The summed E-state index contributed by atoms with van der Waals surface area (Å²) in [6.45, 7) is 0.211. The Kier molecular flexibility index (Phi) is 4.37. The first-order chi connectivity index (χ1) is 9.75. The van der Waals surface area contributed by atoms with Gasteiger partial charge in [0.15, 0.2) is 0 Å². The van der Waals surface area contributed by atoms with E-state index < -0.39 is 17.6 Å². The Morgan fingerprint density at radius 3 is 2.52 bits per heavy atom. The normalized spacial score (nSPS) is 11.5. The lowest BCUT2D eigenvalue weighted by Gasteiger charge is -2.20. The van der Waals surface area contributed by atoms with Crippen LogP contribution in [-0.2, 0) is 12.7 Å². The van der Waals surface area contributed by atoms with Crippen LogP contribution >= 0.6 is 11.6 Å². The quantitative estimate of drug-likeness (QED) is 0.610. The molecule has 0 saturated carbocycles. The van der Waals surface area contributed by atoms with Gasteiger partial charge in [-0.05, 0) is 29.8 Å².